The van der Waals surface area contributed by atoms with Crippen molar-refractivity contribution in [3.05, 3.63) is 10.4 Å². The molecule has 0 saturated heterocycles. The monoisotopic (exact) mass is 288 g/mol. The lowest BCUT2D eigenvalue weighted by molar-refractivity contribution is 0.361. The number of benzene rings is 1. The summed E-state index contributed by atoms with van der Waals surface area (Å²) in [5, 5.41) is 46.3. The molecule has 10 heteroatoms. The third kappa shape index (κ3) is 1.65. The molecule has 6 N–H and O–H groups in total. The number of hydrogen-bond donors (Lipinski definition) is 6. The van der Waals surface area contributed by atoms with Crippen LogP contribution in [-0.4, -0.2) is 39.3 Å². The first-order chi connectivity index (χ1) is 8.77. The van der Waals surface area contributed by atoms with Gasteiger partial charge in [-0.3, -0.25) is 9.00 Å². The summed E-state index contributed by atoms with van der Waals surface area (Å²) in [4.78, 5) is 12.2. The first-order valence-electron chi connectivity index (χ1n) is 4.61. The fourth-order valence-corrected chi connectivity index (χ4v) is 2.17. The zero-order chi connectivity index (χ0) is 14.5. The number of rotatable bonds is 1. The molecule has 0 aliphatic heterocycles. The SMILES string of the molecule is O=c1[nH]c2c(S(=O)[O-])c(O)c(O)c(O)c2c(O)c1O. The van der Waals surface area contributed by atoms with E-state index in [9.17, 15) is 39.1 Å². The molecule has 0 saturated carbocycles. The average molecular weight is 288 g/mol. The van der Waals surface area contributed by atoms with Crippen molar-refractivity contribution in [1.29, 1.82) is 0 Å². The molecule has 1 aromatic heterocycles. The van der Waals surface area contributed by atoms with Crippen LogP contribution in [0.2, 0.25) is 0 Å². The van der Waals surface area contributed by atoms with Crippen LogP contribution in [0.15, 0.2) is 9.69 Å². The Morgan fingerprint density at radius 1 is 0.895 bits per heavy atom. The van der Waals surface area contributed by atoms with Gasteiger partial charge in [0.25, 0.3) is 5.56 Å². The van der Waals surface area contributed by atoms with Gasteiger partial charge >= 0.3 is 0 Å². The van der Waals surface area contributed by atoms with Gasteiger partial charge in [0.2, 0.25) is 11.5 Å². The normalized spacial score (nSPS) is 12.7. The predicted octanol–water partition coefficient (Wildman–Crippen LogP) is -0.706. The Morgan fingerprint density at radius 2 is 1.42 bits per heavy atom. The van der Waals surface area contributed by atoms with Gasteiger partial charge in [0.1, 0.15) is 0 Å². The van der Waals surface area contributed by atoms with Crippen LogP contribution in [0.1, 0.15) is 0 Å². The van der Waals surface area contributed by atoms with Gasteiger partial charge in [-0.05, 0) is 11.1 Å². The molecule has 0 aliphatic carbocycles. The first-order valence-corrected chi connectivity index (χ1v) is 5.68. The number of aromatic amines is 1. The fraction of sp³-hybridized carbons (Fsp3) is 0. The first kappa shape index (κ1) is 13.0. The van der Waals surface area contributed by atoms with Crippen molar-refractivity contribution < 1.29 is 34.3 Å². The van der Waals surface area contributed by atoms with E-state index in [-0.39, 0.29) is 0 Å². The van der Waals surface area contributed by atoms with Crippen LogP contribution < -0.4 is 5.56 Å². The molecule has 102 valence electrons. The summed E-state index contributed by atoms with van der Waals surface area (Å²) in [6, 6.07) is 0. The van der Waals surface area contributed by atoms with E-state index < -0.39 is 61.2 Å². The smallest absolute Gasteiger partial charge is 0.294 e. The summed E-state index contributed by atoms with van der Waals surface area (Å²) in [5.41, 5.74) is -1.89. The van der Waals surface area contributed by atoms with Gasteiger partial charge in [0, 0.05) is 0 Å². The highest BCUT2D eigenvalue weighted by atomic mass is 32.2. The second-order valence-electron chi connectivity index (χ2n) is 3.51. The van der Waals surface area contributed by atoms with Crippen LogP contribution in [-0.2, 0) is 11.1 Å². The minimum absolute atomic E-state index is 0.651. The Bertz CT molecular complexity index is 780. The van der Waals surface area contributed by atoms with E-state index in [4.69, 9.17) is 0 Å². The molecule has 0 amide bonds. The van der Waals surface area contributed by atoms with Gasteiger partial charge in [-0.25, -0.2) is 0 Å². The number of hydrogen-bond acceptors (Lipinski definition) is 8. The lowest BCUT2D eigenvalue weighted by Gasteiger charge is -2.15. The van der Waals surface area contributed by atoms with Gasteiger partial charge in [0.05, 0.1) is 15.8 Å². The fourth-order valence-electron chi connectivity index (χ4n) is 1.60. The highest BCUT2D eigenvalue weighted by Crippen LogP contribution is 2.48. The van der Waals surface area contributed by atoms with Crippen molar-refractivity contribution in [2.45, 2.75) is 4.90 Å². The van der Waals surface area contributed by atoms with E-state index in [2.05, 4.69) is 0 Å². The van der Waals surface area contributed by atoms with Crippen LogP contribution >= 0.6 is 0 Å². The highest BCUT2D eigenvalue weighted by Gasteiger charge is 2.24. The van der Waals surface area contributed by atoms with Gasteiger partial charge < -0.3 is 35.1 Å². The summed E-state index contributed by atoms with van der Waals surface area (Å²) in [6.07, 6.45) is 0. The predicted molar refractivity (Wildman–Crippen MR) is 60.1 cm³/mol. The summed E-state index contributed by atoms with van der Waals surface area (Å²) < 4.78 is 22.0. The topological polar surface area (TPSA) is 174 Å². The summed E-state index contributed by atoms with van der Waals surface area (Å²) in [7, 11) is 0. The maximum Gasteiger partial charge on any atom is 0.294 e. The lowest BCUT2D eigenvalue weighted by Crippen LogP contribution is -2.07. The Labute approximate surface area is 106 Å². The summed E-state index contributed by atoms with van der Waals surface area (Å²) in [6.45, 7) is 0. The summed E-state index contributed by atoms with van der Waals surface area (Å²) >= 11 is -3.09. The van der Waals surface area contributed by atoms with Crippen LogP contribution in [0, 0.1) is 0 Å². The molecule has 0 aliphatic rings. The van der Waals surface area contributed by atoms with E-state index in [1.165, 1.54) is 0 Å². The van der Waals surface area contributed by atoms with Gasteiger partial charge in [-0.1, -0.05) is 0 Å². The largest absolute Gasteiger partial charge is 0.768 e. The number of phenolic OH excluding ortho intramolecular Hbond substituents is 3. The molecule has 0 radical (unpaired) electrons. The summed E-state index contributed by atoms with van der Waals surface area (Å²) in [5.74, 6) is -5.80. The minimum Gasteiger partial charge on any atom is -0.768 e. The molecule has 0 bridgehead atoms. The Hall–Kier alpha value is -2.46. The van der Waals surface area contributed by atoms with E-state index in [1.54, 1.807) is 0 Å². The number of aromatic nitrogens is 1. The quantitative estimate of drug-likeness (QED) is 0.295. The van der Waals surface area contributed by atoms with Gasteiger partial charge in [-0.15, -0.1) is 0 Å². The molecule has 0 spiro atoms. The number of nitrogens with one attached hydrogen (secondary N) is 1. The van der Waals surface area contributed by atoms with Crippen molar-refractivity contribution >= 4 is 22.0 Å². The van der Waals surface area contributed by atoms with E-state index in [0.29, 0.717) is 0 Å². The van der Waals surface area contributed by atoms with Crippen molar-refractivity contribution in [1.82, 2.24) is 4.98 Å². The maximum absolute atomic E-state index is 11.2. The molecule has 0 fully saturated rings. The lowest BCUT2D eigenvalue weighted by atomic mass is 10.1. The van der Waals surface area contributed by atoms with Gasteiger partial charge in [0.15, 0.2) is 17.2 Å². The number of pyridine rings is 1. The number of phenols is 3. The highest BCUT2D eigenvalue weighted by molar-refractivity contribution is 7.79. The Kier molecular flexibility index (Phi) is 2.76. The zero-order valence-electron chi connectivity index (χ0n) is 8.87. The second kappa shape index (κ2) is 4.03. The average Bonchev–Trinajstić information content (AvgIpc) is 2.33. The molecule has 19 heavy (non-hydrogen) atoms. The molecule has 2 rings (SSSR count). The molecule has 1 atom stereocenters. The molecule has 1 unspecified atom stereocenters. The van der Waals surface area contributed by atoms with Crippen molar-refractivity contribution in [2.24, 2.45) is 0 Å². The molecule has 1 aromatic carbocycles. The molecular formula is C9H6NO8S-. The van der Waals surface area contributed by atoms with Crippen LogP contribution in [0.4, 0.5) is 0 Å². The van der Waals surface area contributed by atoms with Crippen molar-refractivity contribution in [3.63, 3.8) is 0 Å². The zero-order valence-corrected chi connectivity index (χ0v) is 9.69. The number of H-pyrrole nitrogens is 1. The van der Waals surface area contributed by atoms with E-state index >= 15 is 0 Å². The minimum atomic E-state index is -3.09. The third-order valence-corrected chi connectivity index (χ3v) is 3.19. The number of aromatic hydroxyl groups is 5. The van der Waals surface area contributed by atoms with Crippen LogP contribution in [0.5, 0.6) is 28.7 Å². The Morgan fingerprint density at radius 3 is 1.95 bits per heavy atom. The molecule has 9 nitrogen and oxygen atoms in total. The van der Waals surface area contributed by atoms with E-state index in [0.717, 1.165) is 0 Å². The maximum atomic E-state index is 11.2. The van der Waals surface area contributed by atoms with E-state index in [1.807, 2.05) is 4.98 Å². The molecule has 2 aromatic rings. The second-order valence-corrected chi connectivity index (χ2v) is 4.39. The van der Waals surface area contributed by atoms with Crippen molar-refractivity contribution in [2.75, 3.05) is 0 Å². The third-order valence-electron chi connectivity index (χ3n) is 2.46. The van der Waals surface area contributed by atoms with Crippen LogP contribution in [0.25, 0.3) is 10.9 Å². The van der Waals surface area contributed by atoms with Crippen LogP contribution in [0.3, 0.4) is 0 Å². The van der Waals surface area contributed by atoms with Crippen molar-refractivity contribution in [3.8, 4) is 28.7 Å². The van der Waals surface area contributed by atoms with Gasteiger partial charge in [-0.2, -0.15) is 0 Å². The Balaban J connectivity index is 3.22. The molecule has 1 heterocycles. The standard InChI is InChI=1S/C9H7NO8S/c11-3-1-2(10-9(16)7(15)4(1)12)8(19(17)18)6(14)5(3)13/h11,13-15H,(H,17,18)(H2,10,12,16)/p-1. The number of fused-ring (bicyclic) bond motifs is 1. The molecular weight excluding hydrogens is 282 g/mol.